The van der Waals surface area contributed by atoms with Gasteiger partial charge in [-0.05, 0) is 25.7 Å². The Morgan fingerprint density at radius 3 is 1.50 bits per heavy atom. The van der Waals surface area contributed by atoms with Gasteiger partial charge in [-0.15, -0.1) is 0 Å². The summed E-state index contributed by atoms with van der Waals surface area (Å²) in [6, 6.07) is -0.963. The average molecular weight is 791 g/mol. The van der Waals surface area contributed by atoms with Crippen LogP contribution in [0.3, 0.4) is 0 Å². The minimum Gasteiger partial charge on any atom is -0.480 e. The number of likely N-dealkylation sites (tertiary alicyclic amines) is 1. The monoisotopic (exact) mass is 790 g/mol. The van der Waals surface area contributed by atoms with Crippen molar-refractivity contribution in [3.05, 3.63) is 0 Å². The van der Waals surface area contributed by atoms with Gasteiger partial charge < -0.3 is 40.9 Å². The van der Waals surface area contributed by atoms with E-state index in [1.807, 2.05) is 0 Å². The number of hydrogen-bond donors (Lipinski definition) is 7. The fourth-order valence-electron chi connectivity index (χ4n) is 6.20. The van der Waals surface area contributed by atoms with Crippen molar-refractivity contribution in [2.45, 2.75) is 52.0 Å². The van der Waals surface area contributed by atoms with Gasteiger partial charge in [0.05, 0.1) is 38.7 Å². The van der Waals surface area contributed by atoms with Crippen LogP contribution in [0.5, 0.6) is 0 Å². The van der Waals surface area contributed by atoms with Crippen molar-refractivity contribution in [1.82, 2.24) is 35.1 Å². The zero-order valence-corrected chi connectivity index (χ0v) is 31.0. The number of carboxylic acid groups (broad SMARTS) is 3. The topological polar surface area (TPSA) is 261 Å². The van der Waals surface area contributed by atoms with E-state index in [2.05, 4.69) is 10.6 Å². The molecule has 0 unspecified atom stereocenters. The maximum Gasteiger partial charge on any atom is 0.475 e. The number of Topliss-reactive ketones (excluding diaryl/α,β-unsaturated/α-hetero) is 1. The van der Waals surface area contributed by atoms with Gasteiger partial charge in [-0.25, -0.2) is 0 Å². The first-order valence-corrected chi connectivity index (χ1v) is 17.3. The van der Waals surface area contributed by atoms with Gasteiger partial charge in [0.2, 0.25) is 17.7 Å². The molecule has 2 heterocycles. The summed E-state index contributed by atoms with van der Waals surface area (Å²) in [6.07, 6.45) is 0.823. The van der Waals surface area contributed by atoms with Crippen molar-refractivity contribution in [2.24, 2.45) is 11.8 Å². The Morgan fingerprint density at radius 2 is 1.12 bits per heavy atom. The van der Waals surface area contributed by atoms with Crippen molar-refractivity contribution in [1.29, 1.82) is 0 Å². The van der Waals surface area contributed by atoms with E-state index in [1.54, 1.807) is 33.4 Å². The third-order valence-electron chi connectivity index (χ3n) is 9.10. The van der Waals surface area contributed by atoms with Crippen molar-refractivity contribution in [3.8, 4) is 0 Å². The molecule has 3 amide bonds. The molecule has 0 spiro atoms. The second-order valence-corrected chi connectivity index (χ2v) is 13.5. The maximum absolute atomic E-state index is 13.1. The van der Waals surface area contributed by atoms with Gasteiger partial charge in [-0.3, -0.25) is 53.2 Å². The molecule has 52 heavy (non-hydrogen) atoms. The van der Waals surface area contributed by atoms with Crippen LogP contribution >= 0.6 is 0 Å². The summed E-state index contributed by atoms with van der Waals surface area (Å²) in [6.45, 7) is 5.75. The fraction of sp³-hybridized carbons (Fsp3) is 0.774. The summed E-state index contributed by atoms with van der Waals surface area (Å²) >= 11 is 0. The molecule has 21 heteroatoms. The number of carbonyl (C=O) groups is 7. The third-order valence-corrected chi connectivity index (χ3v) is 9.10. The van der Waals surface area contributed by atoms with E-state index in [-0.39, 0.29) is 114 Å². The zero-order chi connectivity index (χ0) is 38.2. The van der Waals surface area contributed by atoms with Crippen LogP contribution in [0.1, 0.15) is 40.0 Å². The van der Waals surface area contributed by atoms with Gasteiger partial charge in [-0.1, -0.05) is 13.8 Å². The van der Waals surface area contributed by atoms with E-state index in [9.17, 15) is 58.9 Å². The Morgan fingerprint density at radius 1 is 0.692 bits per heavy atom. The minimum absolute atomic E-state index is 0. The van der Waals surface area contributed by atoms with E-state index in [0.717, 1.165) is 0 Å². The molecular formula is C31H54BCuN7O12. The minimum atomic E-state index is -1.70. The Bertz CT molecular complexity index is 1200. The van der Waals surface area contributed by atoms with Gasteiger partial charge in [0.15, 0.2) is 5.78 Å². The molecule has 2 fully saturated rings. The van der Waals surface area contributed by atoms with Gasteiger partial charge in [-0.2, -0.15) is 0 Å². The van der Waals surface area contributed by atoms with Crippen molar-refractivity contribution in [3.63, 3.8) is 0 Å². The van der Waals surface area contributed by atoms with Crippen LogP contribution in [0.15, 0.2) is 0 Å². The number of aliphatic carboxylic acids is 3. The predicted molar refractivity (Wildman–Crippen MR) is 182 cm³/mol. The summed E-state index contributed by atoms with van der Waals surface area (Å²) in [7, 11) is -1.70. The van der Waals surface area contributed by atoms with Gasteiger partial charge in [0, 0.05) is 88.3 Å². The van der Waals surface area contributed by atoms with E-state index < -0.39 is 66.4 Å². The van der Waals surface area contributed by atoms with Crippen LogP contribution in [-0.4, -0.2) is 202 Å². The summed E-state index contributed by atoms with van der Waals surface area (Å²) in [4.78, 5) is 94.3. The predicted octanol–water partition coefficient (Wildman–Crippen LogP) is -3.69. The Balaban J connectivity index is 0.0000135. The molecule has 0 aromatic heterocycles. The standard InChI is InChI=1S/C31H54BN7O12.Cu/c1-21(2)24(30(48)34-22(3)31(49)39-6-4-5-25(39)32(50)51)15-23(40)16-33-26(41)17-35-7-9-36(18-27(42)43)11-13-38(20-29(46)47)14-12-37(10-8-35)19-28(44)45;/h21-22,24-25,50-51H,4-20H2,1-3H3,(H,33,41)(H,34,48)(H,42,43)(H,44,45)(H,46,47);/t22-,24+,25+;/m1./s1. The second-order valence-electron chi connectivity index (χ2n) is 13.5. The number of nitrogens with one attached hydrogen (secondary N) is 2. The van der Waals surface area contributed by atoms with Crippen molar-refractivity contribution < 1.29 is 76.0 Å². The first-order valence-electron chi connectivity index (χ1n) is 17.3. The van der Waals surface area contributed by atoms with Crippen molar-refractivity contribution in [2.75, 3.05) is 91.6 Å². The Kier molecular flexibility index (Phi) is 21.2. The van der Waals surface area contributed by atoms with Crippen LogP contribution < -0.4 is 10.6 Å². The molecule has 2 rings (SSSR count). The molecule has 0 bridgehead atoms. The molecule has 2 aliphatic rings. The molecule has 299 valence electrons. The number of ketones is 1. The van der Waals surface area contributed by atoms with Gasteiger partial charge in [0.1, 0.15) is 6.04 Å². The first-order chi connectivity index (χ1) is 24.0. The number of amides is 3. The third kappa shape index (κ3) is 17.1. The number of carbonyl (C=O) groups excluding carboxylic acids is 4. The molecule has 2 saturated heterocycles. The van der Waals surface area contributed by atoms with Crippen LogP contribution in [-0.2, 0) is 50.6 Å². The number of hydrogen-bond acceptors (Lipinski definition) is 13. The molecule has 0 aliphatic carbocycles. The number of nitrogens with zero attached hydrogens (tertiary/aromatic N) is 5. The van der Waals surface area contributed by atoms with E-state index in [1.165, 1.54) is 11.8 Å². The van der Waals surface area contributed by atoms with E-state index >= 15 is 0 Å². The number of rotatable bonds is 17. The van der Waals surface area contributed by atoms with Gasteiger partial charge >= 0.3 is 25.0 Å². The molecule has 2 aliphatic heterocycles. The average Bonchev–Trinajstić information content (AvgIpc) is 3.53. The summed E-state index contributed by atoms with van der Waals surface area (Å²) in [5.41, 5.74) is 0. The molecule has 0 aromatic carbocycles. The molecule has 1 radical (unpaired) electrons. The van der Waals surface area contributed by atoms with Crippen LogP contribution in [0.2, 0.25) is 0 Å². The van der Waals surface area contributed by atoms with E-state index in [4.69, 9.17) is 0 Å². The van der Waals surface area contributed by atoms with Crippen LogP contribution in [0.25, 0.3) is 0 Å². The quantitative estimate of drug-likeness (QED) is 0.0700. The van der Waals surface area contributed by atoms with Crippen LogP contribution in [0, 0.1) is 11.8 Å². The molecule has 7 N–H and O–H groups in total. The molecule has 3 atom stereocenters. The summed E-state index contributed by atoms with van der Waals surface area (Å²) < 4.78 is 0. The smallest absolute Gasteiger partial charge is 0.475 e. The zero-order valence-electron chi connectivity index (χ0n) is 30.0. The normalized spacial score (nSPS) is 19.7. The molecular weight excluding hydrogens is 737 g/mol. The van der Waals surface area contributed by atoms with Gasteiger partial charge in [0.25, 0.3) is 0 Å². The summed E-state index contributed by atoms with van der Waals surface area (Å²) in [5, 5.41) is 52.5. The van der Waals surface area contributed by atoms with E-state index in [0.29, 0.717) is 19.4 Å². The number of carboxylic acids is 3. The second kappa shape index (κ2) is 23.5. The first kappa shape index (κ1) is 46.9. The fourth-order valence-corrected chi connectivity index (χ4v) is 6.20. The maximum atomic E-state index is 13.1. The van der Waals surface area contributed by atoms with Crippen LogP contribution in [0.4, 0.5) is 0 Å². The molecule has 0 saturated carbocycles. The Labute approximate surface area is 314 Å². The summed E-state index contributed by atoms with van der Waals surface area (Å²) in [5.74, 6) is -6.95. The SMILES string of the molecule is CC(C)[C@H](CC(=O)CNC(=O)CN1CCN(CC(=O)O)CCN(CC(=O)O)CCN(CC(=O)O)CC1)C(=O)N[C@H](C)C(=O)N1CCC[C@H]1B(O)O.[Cu]. The Hall–Kier alpha value is -3.17. The molecule has 0 aromatic rings. The molecule has 19 nitrogen and oxygen atoms in total. The van der Waals surface area contributed by atoms with Crippen molar-refractivity contribution >= 4 is 48.5 Å². The largest absolute Gasteiger partial charge is 0.480 e.